The van der Waals surface area contributed by atoms with Crippen molar-refractivity contribution in [2.24, 2.45) is 0 Å². The molecule has 3 aromatic rings. The first kappa shape index (κ1) is 29.0. The first-order chi connectivity index (χ1) is 19.3. The fraction of sp³-hybridized carbons (Fsp3) is 0.483. The Hall–Kier alpha value is -3.99. The van der Waals surface area contributed by atoms with Crippen molar-refractivity contribution in [3.8, 4) is 11.7 Å². The Balaban J connectivity index is 1.56. The van der Waals surface area contributed by atoms with Gasteiger partial charge in [-0.15, -0.1) is 0 Å². The van der Waals surface area contributed by atoms with Crippen molar-refractivity contribution in [1.29, 1.82) is 0 Å². The summed E-state index contributed by atoms with van der Waals surface area (Å²) in [6.07, 6.45) is 5.35. The first-order valence-electron chi connectivity index (χ1n) is 13.7. The third kappa shape index (κ3) is 7.15. The number of ether oxygens (including phenoxy) is 2. The van der Waals surface area contributed by atoms with Gasteiger partial charge in [-0.25, -0.2) is 9.97 Å². The van der Waals surface area contributed by atoms with Gasteiger partial charge in [-0.05, 0) is 37.5 Å². The summed E-state index contributed by atoms with van der Waals surface area (Å²) in [5.41, 5.74) is 1.87. The molecule has 2 unspecified atom stereocenters. The van der Waals surface area contributed by atoms with E-state index in [1.54, 1.807) is 28.2 Å². The van der Waals surface area contributed by atoms with Crippen LogP contribution in [-0.4, -0.2) is 82.2 Å². The van der Waals surface area contributed by atoms with E-state index in [0.29, 0.717) is 32.2 Å². The molecule has 2 aromatic heterocycles. The molecule has 2 amide bonds. The number of methoxy groups -OCH3 is 1. The van der Waals surface area contributed by atoms with E-state index in [4.69, 9.17) is 19.4 Å². The van der Waals surface area contributed by atoms with E-state index >= 15 is 0 Å². The third-order valence-corrected chi connectivity index (χ3v) is 6.93. The molecule has 1 saturated heterocycles. The Morgan fingerprint density at radius 3 is 2.55 bits per heavy atom. The van der Waals surface area contributed by atoms with Crippen molar-refractivity contribution in [1.82, 2.24) is 29.7 Å². The average molecular weight is 550 g/mol. The number of carbonyl (C=O) groups excluding carboxylic acids is 2. The number of nitrogens with one attached hydrogen (secondary N) is 1. The fourth-order valence-corrected chi connectivity index (χ4v) is 4.77. The summed E-state index contributed by atoms with van der Waals surface area (Å²) in [6, 6.07) is 9.23. The van der Waals surface area contributed by atoms with Gasteiger partial charge in [-0.1, -0.05) is 26.0 Å². The molecule has 40 heavy (non-hydrogen) atoms. The summed E-state index contributed by atoms with van der Waals surface area (Å²) in [6.45, 7) is 10.1. The smallest absolute Gasteiger partial charge is 0.248 e. The maximum Gasteiger partial charge on any atom is 0.248 e. The van der Waals surface area contributed by atoms with Gasteiger partial charge >= 0.3 is 0 Å². The number of piperazine rings is 1. The van der Waals surface area contributed by atoms with Crippen molar-refractivity contribution in [3.05, 3.63) is 60.3 Å². The molecule has 1 N–H and O–H groups in total. The van der Waals surface area contributed by atoms with Crippen LogP contribution >= 0.6 is 0 Å². The predicted molar refractivity (Wildman–Crippen MR) is 152 cm³/mol. The van der Waals surface area contributed by atoms with Crippen molar-refractivity contribution in [2.75, 3.05) is 44.9 Å². The van der Waals surface area contributed by atoms with Gasteiger partial charge in [0.15, 0.2) is 0 Å². The maximum absolute atomic E-state index is 13.3. The molecule has 1 aliphatic rings. The fourth-order valence-electron chi connectivity index (χ4n) is 4.77. The molecular weight excluding hydrogens is 510 g/mol. The predicted octanol–water partition coefficient (Wildman–Crippen LogP) is 3.12. The molecule has 4 rings (SSSR count). The zero-order valence-corrected chi connectivity index (χ0v) is 23.9. The zero-order valence-electron chi connectivity index (χ0n) is 23.9. The van der Waals surface area contributed by atoms with Crippen LogP contribution in [0.1, 0.15) is 57.3 Å². The monoisotopic (exact) mass is 549 g/mol. The van der Waals surface area contributed by atoms with Gasteiger partial charge in [-0.2, -0.15) is 4.98 Å². The molecule has 3 heterocycles. The van der Waals surface area contributed by atoms with Crippen LogP contribution in [0.15, 0.2) is 49.1 Å². The Morgan fingerprint density at radius 1 is 1.12 bits per heavy atom. The van der Waals surface area contributed by atoms with Gasteiger partial charge in [-0.3, -0.25) is 14.2 Å². The number of hydrogen-bond acceptors (Lipinski definition) is 8. The van der Waals surface area contributed by atoms with E-state index in [2.05, 4.69) is 29.0 Å². The largest absolute Gasteiger partial charge is 0.494 e. The molecule has 1 fully saturated rings. The molecule has 0 spiro atoms. The highest BCUT2D eigenvalue weighted by Crippen LogP contribution is 2.26. The Labute approximate surface area is 235 Å². The zero-order chi connectivity index (χ0) is 28.6. The molecule has 1 aliphatic heterocycles. The number of nitrogens with zero attached hydrogens (tertiary/aromatic N) is 6. The normalized spacial score (nSPS) is 16.2. The van der Waals surface area contributed by atoms with Crippen LogP contribution in [0.25, 0.3) is 5.95 Å². The lowest BCUT2D eigenvalue weighted by Crippen LogP contribution is -2.57. The minimum Gasteiger partial charge on any atom is -0.494 e. The molecule has 0 radical (unpaired) electrons. The molecule has 0 aliphatic carbocycles. The standard InChI is InChI=1S/C29H39N7O4/c1-6-40-24-9-7-22(8-10-24)21(4)31-27(37)15-23-17-34(28(38)18-39-5)13-14-36(23)26-16-25(20(2)3)32-29(33-26)35-12-11-30-19-35/h7-12,16,19-21,23H,6,13-15,17-18H2,1-5H3,(H,31,37). The van der Waals surface area contributed by atoms with Gasteiger partial charge in [0.25, 0.3) is 0 Å². The first-order valence-corrected chi connectivity index (χ1v) is 13.7. The Bertz CT molecular complexity index is 1260. The minimum atomic E-state index is -0.285. The van der Waals surface area contributed by atoms with Crippen LogP contribution in [0.5, 0.6) is 5.75 Å². The highest BCUT2D eigenvalue weighted by Gasteiger charge is 2.33. The molecular formula is C29H39N7O4. The van der Waals surface area contributed by atoms with Gasteiger partial charge in [0.2, 0.25) is 17.8 Å². The second kappa shape index (κ2) is 13.4. The van der Waals surface area contributed by atoms with Crippen LogP contribution in [0.4, 0.5) is 5.82 Å². The third-order valence-electron chi connectivity index (χ3n) is 6.93. The lowest BCUT2D eigenvalue weighted by atomic mass is 10.0. The topological polar surface area (TPSA) is 115 Å². The van der Waals surface area contributed by atoms with Gasteiger partial charge in [0.1, 0.15) is 24.5 Å². The maximum atomic E-state index is 13.3. The van der Waals surface area contributed by atoms with Crippen LogP contribution < -0.4 is 15.0 Å². The summed E-state index contributed by atoms with van der Waals surface area (Å²) >= 11 is 0. The molecule has 2 atom stereocenters. The Morgan fingerprint density at radius 2 is 1.90 bits per heavy atom. The SMILES string of the molecule is CCOc1ccc(C(C)NC(=O)CC2CN(C(=O)COC)CCN2c2cc(C(C)C)nc(-n3ccnc3)n2)cc1. The van der Waals surface area contributed by atoms with Crippen molar-refractivity contribution in [2.45, 2.75) is 52.1 Å². The second-order valence-electron chi connectivity index (χ2n) is 10.2. The number of rotatable bonds is 11. The number of carbonyl (C=O) groups is 2. The number of aromatic nitrogens is 4. The summed E-state index contributed by atoms with van der Waals surface area (Å²) in [7, 11) is 1.51. The number of hydrogen-bond donors (Lipinski definition) is 1. The molecule has 214 valence electrons. The van der Waals surface area contributed by atoms with Crippen LogP contribution in [-0.2, 0) is 14.3 Å². The highest BCUT2D eigenvalue weighted by atomic mass is 16.5. The van der Waals surface area contributed by atoms with Gasteiger partial charge < -0.3 is 24.6 Å². The van der Waals surface area contributed by atoms with E-state index in [1.165, 1.54) is 7.11 Å². The van der Waals surface area contributed by atoms with Crippen LogP contribution in [0.3, 0.4) is 0 Å². The molecule has 11 nitrogen and oxygen atoms in total. The molecule has 0 bridgehead atoms. The minimum absolute atomic E-state index is 0.00345. The Kier molecular flexibility index (Phi) is 9.70. The van der Waals surface area contributed by atoms with Crippen molar-refractivity contribution in [3.63, 3.8) is 0 Å². The van der Waals surface area contributed by atoms with Crippen LogP contribution in [0.2, 0.25) is 0 Å². The average Bonchev–Trinajstić information content (AvgIpc) is 3.49. The quantitative estimate of drug-likeness (QED) is 0.388. The highest BCUT2D eigenvalue weighted by molar-refractivity contribution is 5.79. The van der Waals surface area contributed by atoms with E-state index < -0.39 is 0 Å². The number of anilines is 1. The van der Waals surface area contributed by atoms with E-state index in [1.807, 2.05) is 44.2 Å². The van der Waals surface area contributed by atoms with Crippen LogP contribution in [0, 0.1) is 0 Å². The number of amides is 2. The number of imidazole rings is 1. The molecule has 1 aromatic carbocycles. The van der Waals surface area contributed by atoms with Gasteiger partial charge in [0.05, 0.1) is 24.4 Å². The van der Waals surface area contributed by atoms with E-state index in [-0.39, 0.29) is 42.8 Å². The second-order valence-corrected chi connectivity index (χ2v) is 10.2. The van der Waals surface area contributed by atoms with Gasteiger partial charge in [0, 0.05) is 51.6 Å². The number of benzene rings is 1. The van der Waals surface area contributed by atoms with Crippen molar-refractivity contribution < 1.29 is 19.1 Å². The van der Waals surface area contributed by atoms with Crippen molar-refractivity contribution >= 4 is 17.6 Å². The van der Waals surface area contributed by atoms with E-state index in [0.717, 1.165) is 22.8 Å². The summed E-state index contributed by atoms with van der Waals surface area (Å²) in [5.74, 6) is 2.00. The summed E-state index contributed by atoms with van der Waals surface area (Å²) < 4.78 is 12.4. The lowest BCUT2D eigenvalue weighted by Gasteiger charge is -2.42. The summed E-state index contributed by atoms with van der Waals surface area (Å²) in [4.78, 5) is 43.6. The molecule has 0 saturated carbocycles. The van der Waals surface area contributed by atoms with E-state index in [9.17, 15) is 9.59 Å². The lowest BCUT2D eigenvalue weighted by molar-refractivity contribution is -0.136. The summed E-state index contributed by atoms with van der Waals surface area (Å²) in [5, 5.41) is 3.12. The molecule has 11 heteroatoms.